The van der Waals surface area contributed by atoms with Gasteiger partial charge in [0.15, 0.2) is 5.11 Å². The zero-order chi connectivity index (χ0) is 17.5. The highest BCUT2D eigenvalue weighted by molar-refractivity contribution is 7.80. The van der Waals surface area contributed by atoms with E-state index in [1.165, 1.54) is 0 Å². The summed E-state index contributed by atoms with van der Waals surface area (Å²) in [4.78, 5) is 11.8. The van der Waals surface area contributed by atoms with Crippen LogP contribution in [0.5, 0.6) is 0 Å². The van der Waals surface area contributed by atoms with Crippen molar-refractivity contribution in [1.29, 1.82) is 0 Å². The number of hydrogen-bond donors (Lipinski definition) is 3. The van der Waals surface area contributed by atoms with Crippen molar-refractivity contribution in [2.45, 2.75) is 33.3 Å². The Bertz CT molecular complexity index is 710. The topological polar surface area (TPSA) is 74.5 Å². The molecule has 0 bridgehead atoms. The number of aliphatic hydroxyl groups is 1. The number of hydrogen-bond acceptors (Lipinski definition) is 4. The lowest BCUT2D eigenvalue weighted by atomic mass is 10.1. The molecule has 1 amide bonds. The molecule has 0 saturated carbocycles. The molecular formula is C18H22N2O3S. The first-order valence-corrected chi connectivity index (χ1v) is 8.29. The maximum atomic E-state index is 11.8. The second-order valence-electron chi connectivity index (χ2n) is 5.94. The molecule has 0 spiro atoms. The van der Waals surface area contributed by atoms with Crippen LogP contribution in [0.1, 0.15) is 32.4 Å². The number of benzene rings is 1. The summed E-state index contributed by atoms with van der Waals surface area (Å²) in [6.45, 7) is 4.02. The maximum absolute atomic E-state index is 11.8. The van der Waals surface area contributed by atoms with Crippen LogP contribution in [-0.4, -0.2) is 16.1 Å². The summed E-state index contributed by atoms with van der Waals surface area (Å²) in [6, 6.07) is 11.0. The number of carbonyl (C=O) groups excluding carboxylic acids is 1. The Morgan fingerprint density at radius 2 is 2.08 bits per heavy atom. The molecule has 24 heavy (non-hydrogen) atoms. The summed E-state index contributed by atoms with van der Waals surface area (Å²) >= 11 is 5.18. The van der Waals surface area contributed by atoms with Crippen LogP contribution in [0.4, 0.5) is 5.69 Å². The van der Waals surface area contributed by atoms with E-state index in [1.54, 1.807) is 12.1 Å². The Balaban J connectivity index is 1.96. The van der Waals surface area contributed by atoms with E-state index in [0.717, 1.165) is 17.7 Å². The predicted octanol–water partition coefficient (Wildman–Crippen LogP) is 3.69. The molecule has 2 aromatic rings. The van der Waals surface area contributed by atoms with Gasteiger partial charge in [-0.05, 0) is 48.8 Å². The standard InChI is InChI=1S/C18H22N2O3S/c1-12(2)6-9-17(22)20-18(24)19-14-5-3-4-13(10-14)16-8-7-15(11-21)23-16/h3-5,7-8,10,12,21H,6,9,11H2,1-2H3,(H2,19,20,22,24). The average Bonchev–Trinajstić information content (AvgIpc) is 3.02. The lowest BCUT2D eigenvalue weighted by Gasteiger charge is -2.11. The number of furan rings is 1. The van der Waals surface area contributed by atoms with Gasteiger partial charge in [0.25, 0.3) is 0 Å². The van der Waals surface area contributed by atoms with Crippen LogP contribution in [0, 0.1) is 5.92 Å². The normalized spacial score (nSPS) is 10.7. The molecule has 3 N–H and O–H groups in total. The summed E-state index contributed by atoms with van der Waals surface area (Å²) in [7, 11) is 0. The second kappa shape index (κ2) is 8.61. The molecule has 5 nitrogen and oxygen atoms in total. The van der Waals surface area contributed by atoms with E-state index in [-0.39, 0.29) is 17.6 Å². The van der Waals surface area contributed by atoms with Gasteiger partial charge in [0.2, 0.25) is 5.91 Å². The van der Waals surface area contributed by atoms with E-state index in [1.807, 2.05) is 24.3 Å². The zero-order valence-corrected chi connectivity index (χ0v) is 14.7. The lowest BCUT2D eigenvalue weighted by molar-refractivity contribution is -0.119. The molecule has 0 atom stereocenters. The van der Waals surface area contributed by atoms with Crippen molar-refractivity contribution in [1.82, 2.24) is 5.32 Å². The molecule has 6 heteroatoms. The number of nitrogens with one attached hydrogen (secondary N) is 2. The van der Waals surface area contributed by atoms with E-state index < -0.39 is 0 Å². The zero-order valence-electron chi connectivity index (χ0n) is 13.8. The molecular weight excluding hydrogens is 324 g/mol. The van der Waals surface area contributed by atoms with Gasteiger partial charge in [0.05, 0.1) is 0 Å². The van der Waals surface area contributed by atoms with Crippen LogP contribution in [-0.2, 0) is 11.4 Å². The van der Waals surface area contributed by atoms with Gasteiger partial charge in [-0.1, -0.05) is 26.0 Å². The van der Waals surface area contributed by atoms with Gasteiger partial charge in [0, 0.05) is 17.7 Å². The number of carbonyl (C=O) groups is 1. The average molecular weight is 346 g/mol. The van der Waals surface area contributed by atoms with Crippen molar-refractivity contribution in [2.24, 2.45) is 5.92 Å². The van der Waals surface area contributed by atoms with Crippen LogP contribution in [0.2, 0.25) is 0 Å². The summed E-state index contributed by atoms with van der Waals surface area (Å²) in [5.41, 5.74) is 1.61. The first-order valence-electron chi connectivity index (χ1n) is 7.88. The fourth-order valence-electron chi connectivity index (χ4n) is 2.14. The Labute approximate surface area is 147 Å². The molecule has 1 aromatic carbocycles. The van der Waals surface area contributed by atoms with E-state index in [0.29, 0.717) is 23.9 Å². The highest BCUT2D eigenvalue weighted by Gasteiger charge is 2.08. The number of thiocarbonyl (C=S) groups is 1. The van der Waals surface area contributed by atoms with Gasteiger partial charge in [0.1, 0.15) is 18.1 Å². The Morgan fingerprint density at radius 3 is 2.75 bits per heavy atom. The Morgan fingerprint density at radius 1 is 1.29 bits per heavy atom. The molecule has 0 fully saturated rings. The van der Waals surface area contributed by atoms with Gasteiger partial charge in [-0.3, -0.25) is 4.79 Å². The fourth-order valence-corrected chi connectivity index (χ4v) is 2.37. The maximum Gasteiger partial charge on any atom is 0.226 e. The van der Waals surface area contributed by atoms with Crippen molar-refractivity contribution in [3.8, 4) is 11.3 Å². The van der Waals surface area contributed by atoms with Gasteiger partial charge in [-0.25, -0.2) is 0 Å². The summed E-state index contributed by atoms with van der Waals surface area (Å²) in [5.74, 6) is 1.56. The van der Waals surface area contributed by atoms with Gasteiger partial charge in [-0.15, -0.1) is 0 Å². The van der Waals surface area contributed by atoms with Crippen LogP contribution < -0.4 is 10.6 Å². The molecule has 0 aliphatic rings. The van der Waals surface area contributed by atoms with E-state index in [2.05, 4.69) is 24.5 Å². The predicted molar refractivity (Wildman–Crippen MR) is 98.5 cm³/mol. The molecule has 2 rings (SSSR count). The van der Waals surface area contributed by atoms with E-state index >= 15 is 0 Å². The molecule has 0 radical (unpaired) electrons. The minimum atomic E-state index is -0.134. The third-order valence-corrected chi connectivity index (χ3v) is 3.63. The lowest BCUT2D eigenvalue weighted by Crippen LogP contribution is -2.34. The molecule has 128 valence electrons. The smallest absolute Gasteiger partial charge is 0.226 e. The second-order valence-corrected chi connectivity index (χ2v) is 6.35. The van der Waals surface area contributed by atoms with Gasteiger partial charge >= 0.3 is 0 Å². The number of amides is 1. The number of rotatable bonds is 6. The van der Waals surface area contributed by atoms with E-state index in [9.17, 15) is 4.79 Å². The molecule has 0 unspecified atom stereocenters. The summed E-state index contributed by atoms with van der Waals surface area (Å²) < 4.78 is 5.52. The summed E-state index contributed by atoms with van der Waals surface area (Å²) in [6.07, 6.45) is 1.28. The van der Waals surface area contributed by atoms with Crippen LogP contribution in [0.25, 0.3) is 11.3 Å². The largest absolute Gasteiger partial charge is 0.459 e. The summed E-state index contributed by atoms with van der Waals surface area (Å²) in [5, 5.41) is 15.0. The highest BCUT2D eigenvalue weighted by atomic mass is 32.1. The number of anilines is 1. The first kappa shape index (κ1) is 18.2. The minimum absolute atomic E-state index is 0.0871. The first-order chi connectivity index (χ1) is 11.5. The van der Waals surface area contributed by atoms with Crippen LogP contribution in [0.3, 0.4) is 0 Å². The van der Waals surface area contributed by atoms with Gasteiger partial charge < -0.3 is 20.2 Å². The van der Waals surface area contributed by atoms with Crippen molar-refractivity contribution >= 4 is 28.9 Å². The Hall–Kier alpha value is -2.18. The quantitative estimate of drug-likeness (QED) is 0.696. The van der Waals surface area contributed by atoms with Crippen molar-refractivity contribution in [3.63, 3.8) is 0 Å². The molecule has 0 aliphatic carbocycles. The van der Waals surface area contributed by atoms with Gasteiger partial charge in [-0.2, -0.15) is 0 Å². The monoisotopic (exact) mass is 346 g/mol. The van der Waals surface area contributed by atoms with Crippen LogP contribution in [0.15, 0.2) is 40.8 Å². The van der Waals surface area contributed by atoms with Crippen molar-refractivity contribution in [2.75, 3.05) is 5.32 Å². The molecule has 1 heterocycles. The van der Waals surface area contributed by atoms with E-state index in [4.69, 9.17) is 21.7 Å². The van der Waals surface area contributed by atoms with Crippen molar-refractivity contribution < 1.29 is 14.3 Å². The molecule has 0 aliphatic heterocycles. The molecule has 0 saturated heterocycles. The third kappa shape index (κ3) is 5.47. The van der Waals surface area contributed by atoms with Crippen molar-refractivity contribution in [3.05, 3.63) is 42.2 Å². The molecule has 1 aromatic heterocycles. The minimum Gasteiger partial charge on any atom is -0.459 e. The third-order valence-electron chi connectivity index (χ3n) is 3.42. The Kier molecular flexibility index (Phi) is 6.52. The SMILES string of the molecule is CC(C)CCC(=O)NC(=S)Nc1cccc(-c2ccc(CO)o2)c1. The fraction of sp³-hybridized carbons (Fsp3) is 0.333. The number of aliphatic hydroxyl groups excluding tert-OH is 1. The highest BCUT2D eigenvalue weighted by Crippen LogP contribution is 2.24. The van der Waals surface area contributed by atoms with Crippen LogP contribution >= 0.6 is 12.2 Å².